The maximum atomic E-state index is 12.3. The number of esters is 1. The fourth-order valence-electron chi connectivity index (χ4n) is 3.08. The van der Waals surface area contributed by atoms with Crippen molar-refractivity contribution in [1.82, 2.24) is 14.9 Å². The Morgan fingerprint density at radius 1 is 1.44 bits per heavy atom. The Kier molecular flexibility index (Phi) is 5.33. The Hall–Kier alpha value is -2.41. The van der Waals surface area contributed by atoms with Crippen LogP contribution in [0.25, 0.3) is 11.0 Å². The lowest BCUT2D eigenvalue weighted by atomic mass is 10.2. The highest BCUT2D eigenvalue weighted by Gasteiger charge is 2.27. The summed E-state index contributed by atoms with van der Waals surface area (Å²) in [6.45, 7) is 4.63. The zero-order valence-corrected chi connectivity index (χ0v) is 14.5. The Labute approximate surface area is 146 Å². The van der Waals surface area contributed by atoms with Crippen molar-refractivity contribution in [3.63, 3.8) is 0 Å². The van der Waals surface area contributed by atoms with Crippen molar-refractivity contribution in [1.29, 1.82) is 0 Å². The maximum absolute atomic E-state index is 12.3. The molecule has 1 N–H and O–H groups in total. The molecule has 0 radical (unpaired) electrons. The topological polar surface area (TPSA) is 82.5 Å². The fourth-order valence-corrected chi connectivity index (χ4v) is 3.08. The number of imidazole rings is 1. The van der Waals surface area contributed by atoms with Crippen LogP contribution in [-0.4, -0.2) is 40.7 Å². The molecule has 1 aromatic carbocycles. The minimum atomic E-state index is -0.398. The lowest BCUT2D eigenvalue weighted by Crippen LogP contribution is -2.37. The summed E-state index contributed by atoms with van der Waals surface area (Å²) in [6.07, 6.45) is 1.23. The zero-order chi connectivity index (χ0) is 17.8. The standard InChI is InChI=1S/C18H23N3O4/c1-3-24-16(22)11-21-14-8-5-4-7-13(14)20-17(21)12(2)19-18(23)15-9-6-10-25-15/h4-5,7-8,12,15H,3,6,9-11H2,1-2H3,(H,19,23). The third-order valence-electron chi connectivity index (χ3n) is 4.24. The number of benzene rings is 1. The lowest BCUT2D eigenvalue weighted by Gasteiger charge is -2.18. The molecule has 7 nitrogen and oxygen atoms in total. The van der Waals surface area contributed by atoms with Gasteiger partial charge in [0.05, 0.1) is 23.7 Å². The lowest BCUT2D eigenvalue weighted by molar-refractivity contribution is -0.143. The number of aromatic nitrogens is 2. The van der Waals surface area contributed by atoms with Crippen LogP contribution in [0, 0.1) is 0 Å². The number of amides is 1. The molecule has 7 heteroatoms. The molecule has 0 saturated carbocycles. The summed E-state index contributed by atoms with van der Waals surface area (Å²) >= 11 is 0. The fraction of sp³-hybridized carbons (Fsp3) is 0.500. The minimum absolute atomic E-state index is 0.0594. The van der Waals surface area contributed by atoms with Gasteiger partial charge in [-0.05, 0) is 38.8 Å². The summed E-state index contributed by atoms with van der Waals surface area (Å²) in [4.78, 5) is 28.9. The number of carbonyl (C=O) groups excluding carboxylic acids is 2. The van der Waals surface area contributed by atoms with Gasteiger partial charge in [-0.3, -0.25) is 9.59 Å². The van der Waals surface area contributed by atoms with Gasteiger partial charge in [-0.1, -0.05) is 12.1 Å². The second-order valence-corrected chi connectivity index (χ2v) is 6.08. The molecule has 0 bridgehead atoms. The number of ether oxygens (including phenoxy) is 2. The first-order valence-electron chi connectivity index (χ1n) is 8.63. The van der Waals surface area contributed by atoms with Gasteiger partial charge in [-0.15, -0.1) is 0 Å². The second kappa shape index (κ2) is 7.65. The van der Waals surface area contributed by atoms with Crippen molar-refractivity contribution < 1.29 is 19.1 Å². The molecule has 0 spiro atoms. The predicted molar refractivity (Wildman–Crippen MR) is 91.9 cm³/mol. The van der Waals surface area contributed by atoms with Gasteiger partial charge in [0.15, 0.2) is 0 Å². The smallest absolute Gasteiger partial charge is 0.326 e. The second-order valence-electron chi connectivity index (χ2n) is 6.08. The molecule has 2 heterocycles. The van der Waals surface area contributed by atoms with Gasteiger partial charge < -0.3 is 19.4 Å². The number of para-hydroxylation sites is 2. The molecule has 1 aliphatic rings. The largest absolute Gasteiger partial charge is 0.465 e. The van der Waals surface area contributed by atoms with E-state index in [-0.39, 0.29) is 24.5 Å². The molecule has 1 aromatic heterocycles. The molecule has 134 valence electrons. The molecule has 1 saturated heterocycles. The normalized spacial score (nSPS) is 18.2. The summed E-state index contributed by atoms with van der Waals surface area (Å²) in [5, 5.41) is 2.95. The molecule has 2 atom stereocenters. The van der Waals surface area contributed by atoms with E-state index in [0.717, 1.165) is 23.9 Å². The highest BCUT2D eigenvalue weighted by atomic mass is 16.5. The number of nitrogens with one attached hydrogen (secondary N) is 1. The van der Waals surface area contributed by atoms with Crippen molar-refractivity contribution in [3.05, 3.63) is 30.1 Å². The third-order valence-corrected chi connectivity index (χ3v) is 4.24. The average Bonchev–Trinajstić information content (AvgIpc) is 3.23. The van der Waals surface area contributed by atoms with Gasteiger partial charge in [-0.2, -0.15) is 0 Å². The van der Waals surface area contributed by atoms with Gasteiger partial charge in [0.25, 0.3) is 0 Å². The van der Waals surface area contributed by atoms with E-state index in [4.69, 9.17) is 9.47 Å². The van der Waals surface area contributed by atoms with Crippen LogP contribution in [0.15, 0.2) is 24.3 Å². The first-order valence-corrected chi connectivity index (χ1v) is 8.63. The minimum Gasteiger partial charge on any atom is -0.465 e. The van der Waals surface area contributed by atoms with E-state index in [2.05, 4.69) is 10.3 Å². The Morgan fingerprint density at radius 2 is 2.24 bits per heavy atom. The van der Waals surface area contributed by atoms with Crippen molar-refractivity contribution >= 4 is 22.9 Å². The third kappa shape index (κ3) is 3.82. The Bertz CT molecular complexity index is 765. The molecule has 25 heavy (non-hydrogen) atoms. The summed E-state index contributed by atoms with van der Waals surface area (Å²) in [7, 11) is 0. The van der Waals surface area contributed by atoms with Crippen molar-refractivity contribution in [2.24, 2.45) is 0 Å². The average molecular weight is 345 g/mol. The SMILES string of the molecule is CCOC(=O)Cn1c(C(C)NC(=O)C2CCCO2)nc2ccccc21. The van der Waals surface area contributed by atoms with Crippen molar-refractivity contribution in [2.45, 2.75) is 45.4 Å². The van der Waals surface area contributed by atoms with Gasteiger partial charge in [0.2, 0.25) is 5.91 Å². The molecule has 1 fully saturated rings. The summed E-state index contributed by atoms with van der Waals surface area (Å²) in [5.41, 5.74) is 1.61. The maximum Gasteiger partial charge on any atom is 0.326 e. The molecule has 1 amide bonds. The van der Waals surface area contributed by atoms with E-state index >= 15 is 0 Å². The van der Waals surface area contributed by atoms with Gasteiger partial charge in [-0.25, -0.2) is 4.98 Å². The zero-order valence-electron chi connectivity index (χ0n) is 14.5. The Morgan fingerprint density at radius 3 is 2.96 bits per heavy atom. The van der Waals surface area contributed by atoms with E-state index < -0.39 is 6.10 Å². The van der Waals surface area contributed by atoms with Gasteiger partial charge in [0, 0.05) is 6.61 Å². The Balaban J connectivity index is 1.85. The number of fused-ring (bicyclic) bond motifs is 1. The molecular formula is C18H23N3O4. The molecule has 0 aliphatic carbocycles. The molecule has 2 unspecified atom stereocenters. The van der Waals surface area contributed by atoms with Gasteiger partial charge >= 0.3 is 5.97 Å². The first-order chi connectivity index (χ1) is 12.1. The van der Waals surface area contributed by atoms with Crippen molar-refractivity contribution in [3.8, 4) is 0 Å². The number of nitrogens with zero attached hydrogens (tertiary/aromatic N) is 2. The number of rotatable bonds is 6. The van der Waals surface area contributed by atoms with Crippen LogP contribution < -0.4 is 5.32 Å². The van der Waals surface area contributed by atoms with E-state index in [1.165, 1.54) is 0 Å². The van der Waals surface area contributed by atoms with Crippen LogP contribution in [0.1, 0.15) is 38.6 Å². The van der Waals surface area contributed by atoms with Crippen molar-refractivity contribution in [2.75, 3.05) is 13.2 Å². The first kappa shape index (κ1) is 17.4. The monoisotopic (exact) mass is 345 g/mol. The van der Waals surface area contributed by atoms with Crippen LogP contribution in [0.4, 0.5) is 0 Å². The summed E-state index contributed by atoms with van der Waals surface area (Å²) < 4.78 is 12.3. The van der Waals surface area contributed by atoms with E-state index in [1.54, 1.807) is 11.5 Å². The van der Waals surface area contributed by atoms with E-state index in [1.807, 2.05) is 31.2 Å². The van der Waals surface area contributed by atoms with Gasteiger partial charge in [0.1, 0.15) is 18.5 Å². The van der Waals surface area contributed by atoms with Crippen LogP contribution in [0.5, 0.6) is 0 Å². The van der Waals surface area contributed by atoms with E-state index in [9.17, 15) is 9.59 Å². The number of hydrogen-bond donors (Lipinski definition) is 1. The number of hydrogen-bond acceptors (Lipinski definition) is 5. The molecule has 1 aliphatic heterocycles. The molecule has 2 aromatic rings. The molecule has 3 rings (SSSR count). The van der Waals surface area contributed by atoms with Crippen LogP contribution in [0.2, 0.25) is 0 Å². The molecular weight excluding hydrogens is 322 g/mol. The van der Waals surface area contributed by atoms with Crippen LogP contribution in [0.3, 0.4) is 0 Å². The number of carbonyl (C=O) groups is 2. The van der Waals surface area contributed by atoms with Crippen LogP contribution in [-0.2, 0) is 25.6 Å². The van der Waals surface area contributed by atoms with Crippen LogP contribution >= 0.6 is 0 Å². The quantitative estimate of drug-likeness (QED) is 0.809. The summed E-state index contributed by atoms with van der Waals surface area (Å²) in [5.74, 6) is 0.157. The highest BCUT2D eigenvalue weighted by Crippen LogP contribution is 2.22. The highest BCUT2D eigenvalue weighted by molar-refractivity contribution is 5.82. The predicted octanol–water partition coefficient (Wildman–Crippen LogP) is 1.96. The van der Waals surface area contributed by atoms with E-state index in [0.29, 0.717) is 19.0 Å². The summed E-state index contributed by atoms with van der Waals surface area (Å²) in [6, 6.07) is 7.22.